The topological polar surface area (TPSA) is 111 Å². The SMILES string of the molecule is C[C@H](CCC(=O)OC(C)(C)C)C1CCC2C3C(CC[C@@]21C)[C@@]1(C)CC[C@@H](OC(=O)NCC(=O)OCc2ccccc2)CC1C[C@H]3O. The van der Waals surface area contributed by atoms with Crippen molar-refractivity contribution in [1.29, 1.82) is 0 Å². The molecule has 0 spiro atoms. The molecule has 8 heteroatoms. The molecule has 0 heterocycles. The minimum atomic E-state index is -0.592. The predicted octanol–water partition coefficient (Wildman–Crippen LogP) is 7.21. The number of carbonyl (C=O) groups excluding carboxylic acids is 3. The number of aliphatic hydroxyl groups is 1. The first-order chi connectivity index (χ1) is 21.7. The van der Waals surface area contributed by atoms with Crippen LogP contribution in [-0.4, -0.2) is 47.5 Å². The lowest BCUT2D eigenvalue weighted by Crippen LogP contribution is -2.59. The van der Waals surface area contributed by atoms with Gasteiger partial charge < -0.3 is 24.6 Å². The van der Waals surface area contributed by atoms with Crippen molar-refractivity contribution in [3.63, 3.8) is 0 Å². The van der Waals surface area contributed by atoms with Crippen LogP contribution in [0.15, 0.2) is 30.3 Å². The van der Waals surface area contributed by atoms with E-state index >= 15 is 0 Å². The van der Waals surface area contributed by atoms with E-state index < -0.39 is 17.7 Å². The Morgan fingerprint density at radius 1 is 0.957 bits per heavy atom. The van der Waals surface area contributed by atoms with Gasteiger partial charge in [-0.25, -0.2) is 4.79 Å². The summed E-state index contributed by atoms with van der Waals surface area (Å²) < 4.78 is 16.6. The highest BCUT2D eigenvalue weighted by Gasteiger charge is 2.63. The molecule has 1 aromatic rings. The van der Waals surface area contributed by atoms with Gasteiger partial charge in [-0.1, -0.05) is 51.1 Å². The van der Waals surface area contributed by atoms with Gasteiger partial charge in [0.25, 0.3) is 0 Å². The van der Waals surface area contributed by atoms with Crippen LogP contribution in [0.5, 0.6) is 0 Å². The van der Waals surface area contributed by atoms with Gasteiger partial charge in [0, 0.05) is 6.42 Å². The number of alkyl carbamates (subject to hydrolysis) is 1. The second-order valence-electron chi connectivity index (χ2n) is 16.4. The van der Waals surface area contributed by atoms with Crippen LogP contribution >= 0.6 is 0 Å². The van der Waals surface area contributed by atoms with Crippen molar-refractivity contribution in [3.05, 3.63) is 35.9 Å². The Morgan fingerprint density at radius 2 is 1.65 bits per heavy atom. The lowest BCUT2D eigenvalue weighted by Gasteiger charge is -2.62. The third-order valence-corrected chi connectivity index (χ3v) is 12.5. The Morgan fingerprint density at radius 3 is 2.37 bits per heavy atom. The number of carbonyl (C=O) groups is 3. The third kappa shape index (κ3) is 7.58. The lowest BCUT2D eigenvalue weighted by atomic mass is 9.43. The van der Waals surface area contributed by atoms with E-state index in [2.05, 4.69) is 26.1 Å². The second kappa shape index (κ2) is 13.9. The van der Waals surface area contributed by atoms with E-state index in [4.69, 9.17) is 14.2 Å². The summed E-state index contributed by atoms with van der Waals surface area (Å²) in [5.74, 6) is 1.92. The number of rotatable bonds is 9. The fourth-order valence-corrected chi connectivity index (χ4v) is 10.3. The summed E-state index contributed by atoms with van der Waals surface area (Å²) in [5.41, 5.74) is 0.730. The van der Waals surface area contributed by atoms with Crippen LogP contribution in [0.3, 0.4) is 0 Å². The van der Waals surface area contributed by atoms with Crippen LogP contribution in [0.1, 0.15) is 111 Å². The van der Waals surface area contributed by atoms with Crippen molar-refractivity contribution in [2.75, 3.05) is 6.54 Å². The molecule has 5 unspecified atom stereocenters. The summed E-state index contributed by atoms with van der Waals surface area (Å²) in [6.07, 6.45) is 8.00. The molecule has 0 bridgehead atoms. The van der Waals surface area contributed by atoms with Crippen LogP contribution < -0.4 is 5.32 Å². The van der Waals surface area contributed by atoms with E-state index in [1.54, 1.807) is 0 Å². The van der Waals surface area contributed by atoms with Gasteiger partial charge in [0.2, 0.25) is 0 Å². The number of hydrogen-bond acceptors (Lipinski definition) is 7. The highest BCUT2D eigenvalue weighted by molar-refractivity contribution is 5.77. The molecule has 0 aliphatic heterocycles. The van der Waals surface area contributed by atoms with Crippen molar-refractivity contribution >= 4 is 18.0 Å². The van der Waals surface area contributed by atoms with E-state index in [0.717, 1.165) is 63.4 Å². The summed E-state index contributed by atoms with van der Waals surface area (Å²) in [6, 6.07) is 9.43. The van der Waals surface area contributed by atoms with Gasteiger partial charge in [0.1, 0.15) is 24.9 Å². The zero-order valence-electron chi connectivity index (χ0n) is 28.9. The maximum Gasteiger partial charge on any atom is 0.407 e. The molecule has 1 amide bonds. The monoisotopic (exact) mass is 639 g/mol. The minimum absolute atomic E-state index is 0.108. The van der Waals surface area contributed by atoms with Crippen LogP contribution in [0.2, 0.25) is 0 Å². The molecule has 4 saturated carbocycles. The van der Waals surface area contributed by atoms with Gasteiger partial charge in [-0.05, 0) is 130 Å². The van der Waals surface area contributed by atoms with Crippen molar-refractivity contribution in [1.82, 2.24) is 5.32 Å². The van der Waals surface area contributed by atoms with Crippen molar-refractivity contribution in [2.45, 2.75) is 130 Å². The molecule has 5 rings (SSSR count). The summed E-state index contributed by atoms with van der Waals surface area (Å²) >= 11 is 0. The minimum Gasteiger partial charge on any atom is -0.460 e. The quantitative estimate of drug-likeness (QED) is 0.217. The molecule has 0 saturated heterocycles. The van der Waals surface area contributed by atoms with Gasteiger partial charge in [-0.15, -0.1) is 0 Å². The van der Waals surface area contributed by atoms with Gasteiger partial charge in [-0.2, -0.15) is 0 Å². The third-order valence-electron chi connectivity index (χ3n) is 12.5. The number of fused-ring (bicyclic) bond motifs is 5. The van der Waals surface area contributed by atoms with Crippen molar-refractivity contribution in [3.8, 4) is 0 Å². The largest absolute Gasteiger partial charge is 0.460 e. The highest BCUT2D eigenvalue weighted by atomic mass is 16.6. The van der Waals surface area contributed by atoms with E-state index in [1.807, 2.05) is 51.1 Å². The fourth-order valence-electron chi connectivity index (χ4n) is 10.3. The second-order valence-corrected chi connectivity index (χ2v) is 16.4. The van der Waals surface area contributed by atoms with Gasteiger partial charge >= 0.3 is 18.0 Å². The Kier molecular flexibility index (Phi) is 10.5. The number of nitrogens with one attached hydrogen (secondary N) is 1. The van der Waals surface area contributed by atoms with Crippen molar-refractivity contribution in [2.24, 2.45) is 46.3 Å². The van der Waals surface area contributed by atoms with Crippen LogP contribution in [0, 0.1) is 46.3 Å². The zero-order chi connectivity index (χ0) is 33.3. The molecule has 0 aromatic heterocycles. The summed E-state index contributed by atoms with van der Waals surface area (Å²) in [6.45, 7) is 12.9. The normalized spacial score (nSPS) is 35.9. The molecule has 256 valence electrons. The Hall–Kier alpha value is -2.61. The predicted molar refractivity (Wildman–Crippen MR) is 175 cm³/mol. The number of aliphatic hydroxyl groups excluding tert-OH is 1. The van der Waals surface area contributed by atoms with Crippen LogP contribution in [0.4, 0.5) is 4.79 Å². The number of ether oxygens (including phenoxy) is 3. The fraction of sp³-hybridized carbons (Fsp3) is 0.763. The zero-order valence-corrected chi connectivity index (χ0v) is 28.9. The van der Waals surface area contributed by atoms with Crippen LogP contribution in [-0.2, 0) is 30.4 Å². The molecule has 8 nitrogen and oxygen atoms in total. The molecule has 4 aliphatic carbocycles. The molecular weight excluding hydrogens is 582 g/mol. The number of benzene rings is 1. The summed E-state index contributed by atoms with van der Waals surface area (Å²) in [4.78, 5) is 37.2. The lowest BCUT2D eigenvalue weighted by molar-refractivity contribution is -0.174. The average Bonchev–Trinajstić information content (AvgIpc) is 3.35. The number of esters is 2. The highest BCUT2D eigenvalue weighted by Crippen LogP contribution is 2.68. The van der Waals surface area contributed by atoms with E-state index in [0.29, 0.717) is 41.9 Å². The Bertz CT molecular complexity index is 1230. The first-order valence-corrected chi connectivity index (χ1v) is 17.7. The molecular formula is C38H57NO7. The molecule has 46 heavy (non-hydrogen) atoms. The first-order valence-electron chi connectivity index (χ1n) is 17.7. The summed E-state index contributed by atoms with van der Waals surface area (Å²) in [7, 11) is 0. The van der Waals surface area contributed by atoms with Gasteiger partial charge in [0.05, 0.1) is 6.10 Å². The van der Waals surface area contributed by atoms with Crippen LogP contribution in [0.25, 0.3) is 0 Å². The van der Waals surface area contributed by atoms with E-state index in [9.17, 15) is 19.5 Å². The smallest absolute Gasteiger partial charge is 0.407 e. The Balaban J connectivity index is 1.13. The maximum atomic E-state index is 12.6. The molecule has 0 radical (unpaired) electrons. The summed E-state index contributed by atoms with van der Waals surface area (Å²) in [5, 5.41) is 14.3. The number of hydrogen-bond donors (Lipinski definition) is 2. The molecule has 4 fully saturated rings. The molecule has 4 aliphatic rings. The average molecular weight is 640 g/mol. The molecule has 1 aromatic carbocycles. The maximum absolute atomic E-state index is 12.6. The van der Waals surface area contributed by atoms with E-state index in [1.165, 1.54) is 0 Å². The first kappa shape index (κ1) is 34.7. The van der Waals surface area contributed by atoms with Gasteiger partial charge in [0.15, 0.2) is 0 Å². The standard InChI is InChI=1S/C38H57NO7/c1-24(12-15-32(41)46-36(2,3)4)28-13-14-29-34-30(17-19-38(28,29)6)37(5)18-16-27(20-26(37)21-31(34)40)45-35(43)39-22-33(42)44-23-25-10-8-7-9-11-25/h7-11,24,26-31,34,40H,12-23H2,1-6H3,(H,39,43)/t24-,26?,27-,28?,29?,30?,31-,34?,37+,38-/m1/s1. The Labute approximate surface area is 275 Å². The number of amides is 1. The van der Waals surface area contributed by atoms with E-state index in [-0.39, 0.29) is 42.2 Å². The molecule has 2 N–H and O–H groups in total. The van der Waals surface area contributed by atoms with Gasteiger partial charge in [-0.3, -0.25) is 9.59 Å². The molecule has 10 atom stereocenters. The van der Waals surface area contributed by atoms with Crippen molar-refractivity contribution < 1.29 is 33.7 Å².